The average molecular weight is 326 g/mol. The molecule has 1 spiro atoms. The molecule has 2 aromatic rings. The Hall–Kier alpha value is -2.27. The Morgan fingerprint density at radius 3 is 2.71 bits per heavy atom. The smallest absolute Gasteiger partial charge is 0.341 e. The fourth-order valence-electron chi connectivity index (χ4n) is 3.54. The summed E-state index contributed by atoms with van der Waals surface area (Å²) in [6.07, 6.45) is 3.11. The van der Waals surface area contributed by atoms with Crippen molar-refractivity contribution in [2.45, 2.75) is 25.4 Å². The topological polar surface area (TPSA) is 42.4 Å². The van der Waals surface area contributed by atoms with Crippen molar-refractivity contribution in [2.24, 2.45) is 0 Å². The van der Waals surface area contributed by atoms with Gasteiger partial charge in [-0.05, 0) is 31.7 Å². The number of hydrogen-bond acceptors (Lipinski definition) is 4. The van der Waals surface area contributed by atoms with Crippen LogP contribution >= 0.6 is 0 Å². The van der Waals surface area contributed by atoms with Gasteiger partial charge in [0.2, 0.25) is 0 Å². The number of likely N-dealkylation sites (tertiary alicyclic amines) is 1. The van der Waals surface area contributed by atoms with Crippen molar-refractivity contribution >= 4 is 5.97 Å². The molecule has 124 valence electrons. The van der Waals surface area contributed by atoms with Crippen LogP contribution in [0.4, 0.5) is 4.39 Å². The van der Waals surface area contributed by atoms with Crippen LogP contribution < -0.4 is 0 Å². The first-order valence-electron chi connectivity index (χ1n) is 8.17. The Balaban J connectivity index is 1.79. The zero-order chi connectivity index (χ0) is 16.9. The number of ether oxygens (including phenoxy) is 1. The van der Waals surface area contributed by atoms with E-state index in [9.17, 15) is 9.18 Å². The second-order valence-corrected chi connectivity index (χ2v) is 6.77. The van der Waals surface area contributed by atoms with Crippen LogP contribution in [0.15, 0.2) is 30.5 Å². The number of hydrogen-bond donors (Lipinski definition) is 0. The van der Waals surface area contributed by atoms with E-state index >= 15 is 0 Å². The number of halogens is 1. The number of benzene rings is 1. The number of piperidine rings is 1. The van der Waals surface area contributed by atoms with Gasteiger partial charge in [-0.2, -0.15) is 0 Å². The summed E-state index contributed by atoms with van der Waals surface area (Å²) in [7, 11) is 2.07. The summed E-state index contributed by atoms with van der Waals surface area (Å²) < 4.78 is 19.6. The van der Waals surface area contributed by atoms with E-state index < -0.39 is 5.60 Å². The Labute approximate surface area is 140 Å². The van der Waals surface area contributed by atoms with Gasteiger partial charge < -0.3 is 9.64 Å². The van der Waals surface area contributed by atoms with Gasteiger partial charge in [0.15, 0.2) is 0 Å². The van der Waals surface area contributed by atoms with E-state index in [0.717, 1.165) is 31.5 Å². The largest absolute Gasteiger partial charge is 0.450 e. The van der Waals surface area contributed by atoms with E-state index in [1.165, 1.54) is 6.07 Å². The lowest BCUT2D eigenvalue weighted by atomic mass is 9.84. The zero-order valence-corrected chi connectivity index (χ0v) is 13.8. The minimum Gasteiger partial charge on any atom is -0.450 e. The van der Waals surface area contributed by atoms with Crippen molar-refractivity contribution in [3.05, 3.63) is 53.0 Å². The van der Waals surface area contributed by atoms with Gasteiger partial charge in [0, 0.05) is 43.3 Å². The molecule has 5 heteroatoms. The maximum absolute atomic E-state index is 13.9. The number of nitrogens with zero attached hydrogens (tertiary/aromatic N) is 2. The first kappa shape index (κ1) is 15.3. The fraction of sp³-hybridized carbons (Fsp3) is 0.368. The molecule has 0 amide bonds. The maximum Gasteiger partial charge on any atom is 0.341 e. The molecule has 0 aliphatic carbocycles. The highest BCUT2D eigenvalue weighted by molar-refractivity contribution is 5.95. The van der Waals surface area contributed by atoms with Crippen LogP contribution in [0.1, 0.15) is 34.3 Å². The molecule has 0 unspecified atom stereocenters. The molecule has 1 aromatic heterocycles. The highest BCUT2D eigenvalue weighted by Crippen LogP contribution is 2.44. The number of pyridine rings is 1. The molecule has 1 saturated heterocycles. The third kappa shape index (κ3) is 2.31. The van der Waals surface area contributed by atoms with Crippen LogP contribution in [0, 0.1) is 12.7 Å². The molecular formula is C19H19FN2O2. The molecule has 2 aliphatic heterocycles. The summed E-state index contributed by atoms with van der Waals surface area (Å²) >= 11 is 0. The van der Waals surface area contributed by atoms with E-state index in [0.29, 0.717) is 22.4 Å². The van der Waals surface area contributed by atoms with Crippen LogP contribution in [-0.4, -0.2) is 36.0 Å². The number of carbonyl (C=O) groups excluding carboxylic acids is 1. The molecule has 1 aromatic carbocycles. The van der Waals surface area contributed by atoms with Crippen LogP contribution in [0.5, 0.6) is 0 Å². The minimum atomic E-state index is -0.556. The maximum atomic E-state index is 13.9. The summed E-state index contributed by atoms with van der Waals surface area (Å²) in [5.41, 5.74) is 2.86. The Bertz CT molecular complexity index is 826. The minimum absolute atomic E-state index is 0.254. The lowest BCUT2D eigenvalue weighted by Gasteiger charge is -2.37. The first-order chi connectivity index (χ1) is 11.5. The number of carbonyl (C=O) groups is 1. The van der Waals surface area contributed by atoms with Crippen molar-refractivity contribution in [1.29, 1.82) is 0 Å². The normalized spacial score (nSPS) is 19.4. The van der Waals surface area contributed by atoms with Gasteiger partial charge in [-0.15, -0.1) is 0 Å². The standard InChI is InChI=1S/C19H19FN2O2/c1-12-3-4-13(9-16(12)20)17-10-15-14(11-21-17)18(23)24-19(15)5-7-22(2)8-6-19/h3-4,9-11H,5-8H2,1-2H3. The molecule has 2 aliphatic rings. The second-order valence-electron chi connectivity index (χ2n) is 6.77. The van der Waals surface area contributed by atoms with Gasteiger partial charge in [0.05, 0.1) is 11.3 Å². The number of aryl methyl sites for hydroxylation is 1. The van der Waals surface area contributed by atoms with Gasteiger partial charge in [0.25, 0.3) is 0 Å². The predicted molar refractivity (Wildman–Crippen MR) is 88.2 cm³/mol. The molecule has 0 saturated carbocycles. The molecule has 0 radical (unpaired) electrons. The molecule has 0 atom stereocenters. The highest BCUT2D eigenvalue weighted by atomic mass is 19.1. The lowest BCUT2D eigenvalue weighted by Crippen LogP contribution is -2.41. The first-order valence-corrected chi connectivity index (χ1v) is 8.17. The van der Waals surface area contributed by atoms with Gasteiger partial charge in [-0.3, -0.25) is 4.98 Å². The molecule has 4 nitrogen and oxygen atoms in total. The highest BCUT2D eigenvalue weighted by Gasteiger charge is 2.47. The fourth-order valence-corrected chi connectivity index (χ4v) is 3.54. The van der Waals surface area contributed by atoms with Crippen molar-refractivity contribution in [2.75, 3.05) is 20.1 Å². The van der Waals surface area contributed by atoms with Crippen molar-refractivity contribution in [3.8, 4) is 11.3 Å². The van der Waals surface area contributed by atoms with E-state index in [-0.39, 0.29) is 11.8 Å². The zero-order valence-electron chi connectivity index (χ0n) is 13.8. The average Bonchev–Trinajstić information content (AvgIpc) is 2.85. The summed E-state index contributed by atoms with van der Waals surface area (Å²) in [5, 5.41) is 0. The summed E-state index contributed by atoms with van der Waals surface area (Å²) in [6.45, 7) is 3.49. The summed E-state index contributed by atoms with van der Waals surface area (Å²) in [5.74, 6) is -0.556. The Morgan fingerprint density at radius 1 is 1.25 bits per heavy atom. The molecule has 0 N–H and O–H groups in total. The third-order valence-electron chi connectivity index (χ3n) is 5.17. The monoisotopic (exact) mass is 326 g/mol. The number of fused-ring (bicyclic) bond motifs is 2. The van der Waals surface area contributed by atoms with E-state index in [2.05, 4.69) is 16.9 Å². The van der Waals surface area contributed by atoms with Crippen molar-refractivity contribution in [3.63, 3.8) is 0 Å². The van der Waals surface area contributed by atoms with E-state index in [4.69, 9.17) is 4.74 Å². The van der Waals surface area contributed by atoms with Gasteiger partial charge in [0.1, 0.15) is 11.4 Å². The van der Waals surface area contributed by atoms with Crippen LogP contribution in [-0.2, 0) is 10.3 Å². The predicted octanol–water partition coefficient (Wildman–Crippen LogP) is 3.29. The van der Waals surface area contributed by atoms with E-state index in [1.807, 2.05) is 12.1 Å². The number of rotatable bonds is 1. The van der Waals surface area contributed by atoms with Gasteiger partial charge in [-0.25, -0.2) is 9.18 Å². The lowest BCUT2D eigenvalue weighted by molar-refractivity contribution is -0.0394. The Morgan fingerprint density at radius 2 is 2.00 bits per heavy atom. The van der Waals surface area contributed by atoms with Crippen LogP contribution in [0.2, 0.25) is 0 Å². The van der Waals surface area contributed by atoms with Gasteiger partial charge >= 0.3 is 5.97 Å². The van der Waals surface area contributed by atoms with E-state index in [1.54, 1.807) is 19.2 Å². The molecule has 1 fully saturated rings. The van der Waals surface area contributed by atoms with Crippen molar-refractivity contribution in [1.82, 2.24) is 9.88 Å². The SMILES string of the molecule is Cc1ccc(-c2cc3c(cn2)C(=O)OC32CCN(C)CC2)cc1F. The molecular weight excluding hydrogens is 307 g/mol. The number of aromatic nitrogens is 1. The summed E-state index contributed by atoms with van der Waals surface area (Å²) in [6, 6.07) is 6.98. The van der Waals surface area contributed by atoms with Crippen LogP contribution in [0.3, 0.4) is 0 Å². The van der Waals surface area contributed by atoms with Crippen LogP contribution in [0.25, 0.3) is 11.3 Å². The summed E-state index contributed by atoms with van der Waals surface area (Å²) in [4.78, 5) is 18.8. The second kappa shape index (κ2) is 5.38. The Kier molecular flexibility index (Phi) is 3.42. The molecule has 24 heavy (non-hydrogen) atoms. The molecule has 0 bridgehead atoms. The molecule has 3 heterocycles. The van der Waals surface area contributed by atoms with Gasteiger partial charge in [-0.1, -0.05) is 12.1 Å². The molecule has 4 rings (SSSR count). The quantitative estimate of drug-likeness (QED) is 0.754. The van der Waals surface area contributed by atoms with Crippen molar-refractivity contribution < 1.29 is 13.9 Å². The number of esters is 1. The third-order valence-corrected chi connectivity index (χ3v) is 5.17.